The zero-order valence-electron chi connectivity index (χ0n) is 21.8. The van der Waals surface area contributed by atoms with Crippen LogP contribution < -0.4 is 10.4 Å². The third-order valence-corrected chi connectivity index (χ3v) is 24.0. The van der Waals surface area contributed by atoms with E-state index in [2.05, 4.69) is 83.3 Å². The van der Waals surface area contributed by atoms with Gasteiger partial charge in [0, 0.05) is 0 Å². The van der Waals surface area contributed by atoms with Gasteiger partial charge in [0.1, 0.15) is 0 Å². The van der Waals surface area contributed by atoms with Crippen molar-refractivity contribution in [2.24, 2.45) is 0 Å². The summed E-state index contributed by atoms with van der Waals surface area (Å²) in [5.74, 6) is 0. The Kier molecular flexibility index (Phi) is 9.41. The molecule has 0 heterocycles. The lowest BCUT2D eigenvalue weighted by molar-refractivity contribution is 0.313. The van der Waals surface area contributed by atoms with E-state index in [1.165, 1.54) is 0 Å². The Morgan fingerprint density at radius 2 is 0.941 bits per heavy atom. The first kappa shape index (κ1) is 28.8. The first-order valence-electron chi connectivity index (χ1n) is 11.5. The topological polar surface area (TPSA) is 36.9 Å². The molecule has 2 rings (SSSR count). The fraction of sp³-hybridized carbons (Fsp3) is 0.280. The summed E-state index contributed by atoms with van der Waals surface area (Å²) >= 11 is 0. The predicted octanol–water partition coefficient (Wildman–Crippen LogP) is 5.67. The van der Waals surface area contributed by atoms with Crippen molar-refractivity contribution in [3.8, 4) is 0 Å². The Balaban J connectivity index is 2.67. The van der Waals surface area contributed by atoms with Gasteiger partial charge in [-0.1, -0.05) is 77.8 Å². The van der Waals surface area contributed by atoms with Crippen LogP contribution in [0.15, 0.2) is 97.5 Å². The van der Waals surface area contributed by atoms with Crippen molar-refractivity contribution < 1.29 is 16.5 Å². The first-order chi connectivity index (χ1) is 15.7. The molecule has 1 atom stereocenters. The molecule has 0 fully saturated rings. The minimum Gasteiger partial charge on any atom is -0.433 e. The van der Waals surface area contributed by atoms with Crippen LogP contribution in [0.25, 0.3) is 0 Å². The molecule has 0 bridgehead atoms. The summed E-state index contributed by atoms with van der Waals surface area (Å²) in [7, 11) is -13.1. The second-order valence-corrected chi connectivity index (χ2v) is 28.1. The van der Waals surface area contributed by atoms with Crippen molar-refractivity contribution in [3.63, 3.8) is 0 Å². The van der Waals surface area contributed by atoms with E-state index in [1.807, 2.05) is 60.0 Å². The Morgan fingerprint density at radius 1 is 0.529 bits per heavy atom. The monoisotopic (exact) mass is 544 g/mol. The summed E-state index contributed by atoms with van der Waals surface area (Å²) in [6.45, 7) is 26.9. The Hall–Kier alpha value is -1.42. The average Bonchev–Trinajstić information content (AvgIpc) is 2.78. The molecular formula is C25H40O4Si5. The molecule has 34 heavy (non-hydrogen) atoms. The van der Waals surface area contributed by atoms with E-state index in [0.29, 0.717) is 0 Å². The van der Waals surface area contributed by atoms with Crippen LogP contribution in [0.3, 0.4) is 0 Å². The lowest BCUT2D eigenvalue weighted by Gasteiger charge is -2.44. The van der Waals surface area contributed by atoms with Gasteiger partial charge in [-0.25, -0.2) is 0 Å². The summed E-state index contributed by atoms with van der Waals surface area (Å²) in [4.78, 5) is 0. The quantitative estimate of drug-likeness (QED) is 0.305. The Bertz CT molecular complexity index is 940. The molecule has 2 aromatic rings. The third kappa shape index (κ3) is 7.54. The maximum Gasteiger partial charge on any atom is 0.388 e. The second kappa shape index (κ2) is 11.1. The average molecular weight is 545 g/mol. The highest BCUT2D eigenvalue weighted by atomic mass is 28.5. The van der Waals surface area contributed by atoms with E-state index in [4.69, 9.17) is 16.5 Å². The molecule has 0 saturated heterocycles. The number of benzene rings is 2. The number of hydrogen-bond acceptors (Lipinski definition) is 4. The normalized spacial score (nSPS) is 14.8. The van der Waals surface area contributed by atoms with Crippen LogP contribution in [0.1, 0.15) is 0 Å². The van der Waals surface area contributed by atoms with Crippen LogP contribution in [-0.2, 0) is 16.5 Å². The second-order valence-electron chi connectivity index (χ2n) is 9.99. The summed E-state index contributed by atoms with van der Waals surface area (Å²) in [6.07, 6.45) is 0. The minimum absolute atomic E-state index is 1.04. The van der Waals surface area contributed by atoms with Gasteiger partial charge in [0.25, 0.3) is 0 Å². The lowest BCUT2D eigenvalue weighted by Crippen LogP contribution is -2.71. The summed E-state index contributed by atoms with van der Waals surface area (Å²) in [6, 6.07) is 20.5. The van der Waals surface area contributed by atoms with Crippen LogP contribution in [0.2, 0.25) is 45.8 Å². The van der Waals surface area contributed by atoms with Crippen molar-refractivity contribution in [3.05, 3.63) is 97.5 Å². The van der Waals surface area contributed by atoms with Crippen molar-refractivity contribution in [2.75, 3.05) is 0 Å². The predicted molar refractivity (Wildman–Crippen MR) is 157 cm³/mol. The molecule has 0 amide bonds. The molecule has 0 N–H and O–H groups in total. The molecule has 4 nitrogen and oxygen atoms in total. The van der Waals surface area contributed by atoms with Crippen LogP contribution in [0.4, 0.5) is 0 Å². The molecule has 0 aliphatic rings. The maximum absolute atomic E-state index is 7.22. The Labute approximate surface area is 212 Å². The van der Waals surface area contributed by atoms with E-state index < -0.39 is 42.3 Å². The Morgan fingerprint density at radius 3 is 1.32 bits per heavy atom. The van der Waals surface area contributed by atoms with E-state index in [-0.39, 0.29) is 0 Å². The zero-order chi connectivity index (χ0) is 25.7. The van der Waals surface area contributed by atoms with Gasteiger partial charge in [-0.3, -0.25) is 0 Å². The van der Waals surface area contributed by atoms with Crippen molar-refractivity contribution in [2.45, 2.75) is 45.8 Å². The zero-order valence-corrected chi connectivity index (χ0v) is 26.8. The van der Waals surface area contributed by atoms with Crippen LogP contribution in [-0.4, -0.2) is 42.3 Å². The summed E-state index contributed by atoms with van der Waals surface area (Å²) < 4.78 is 27.6. The third-order valence-electron chi connectivity index (χ3n) is 5.37. The standard InChI is InChI=1S/C25H40O4Si5/c1-11-30(4,5)26-32(8,9)28-33(10,13-3)29-34(27-31(6,7)12-2,24-20-16-14-17-21-24)25-22-18-15-19-23-25/h11-23H,1-3H2,4-10H3. The maximum atomic E-state index is 7.22. The molecule has 0 saturated carbocycles. The van der Waals surface area contributed by atoms with Crippen molar-refractivity contribution in [1.29, 1.82) is 0 Å². The molecule has 0 spiro atoms. The van der Waals surface area contributed by atoms with Gasteiger partial charge in [-0.15, -0.1) is 19.7 Å². The van der Waals surface area contributed by atoms with Crippen LogP contribution in [0.5, 0.6) is 0 Å². The van der Waals surface area contributed by atoms with Gasteiger partial charge in [0.2, 0.25) is 8.32 Å². The smallest absolute Gasteiger partial charge is 0.388 e. The van der Waals surface area contributed by atoms with E-state index in [9.17, 15) is 0 Å². The largest absolute Gasteiger partial charge is 0.433 e. The highest BCUT2D eigenvalue weighted by Crippen LogP contribution is 2.27. The van der Waals surface area contributed by atoms with E-state index in [0.717, 1.165) is 10.4 Å². The molecule has 0 aromatic heterocycles. The van der Waals surface area contributed by atoms with Gasteiger partial charge in [0.15, 0.2) is 8.32 Å². The molecular weight excluding hydrogens is 505 g/mol. The molecule has 184 valence electrons. The van der Waals surface area contributed by atoms with Gasteiger partial charge in [-0.05, 0) is 56.2 Å². The summed E-state index contributed by atoms with van der Waals surface area (Å²) in [5.41, 5.74) is 5.75. The van der Waals surface area contributed by atoms with Gasteiger partial charge >= 0.3 is 25.7 Å². The first-order valence-corrected chi connectivity index (χ1v) is 24.5. The van der Waals surface area contributed by atoms with Crippen molar-refractivity contribution >= 4 is 52.7 Å². The fourth-order valence-corrected chi connectivity index (χ4v) is 24.4. The molecule has 0 aliphatic heterocycles. The summed E-state index contributed by atoms with van der Waals surface area (Å²) in [5, 5.41) is 2.07. The molecule has 1 unspecified atom stereocenters. The van der Waals surface area contributed by atoms with E-state index >= 15 is 0 Å². The lowest BCUT2D eigenvalue weighted by atomic mass is 10.4. The SMILES string of the molecule is C=C[Si](C)(C)O[Si](C)(C)O[Si](C)(C=C)O[Si](O[Si](C)(C)C=C)(c1ccccc1)c1ccccc1. The number of hydrogen-bond donors (Lipinski definition) is 0. The van der Waals surface area contributed by atoms with Gasteiger partial charge in [0.05, 0.1) is 0 Å². The minimum atomic E-state index is -3.21. The van der Waals surface area contributed by atoms with E-state index in [1.54, 1.807) is 0 Å². The molecule has 9 heteroatoms. The van der Waals surface area contributed by atoms with Crippen LogP contribution >= 0.6 is 0 Å². The number of rotatable bonds is 13. The highest BCUT2D eigenvalue weighted by molar-refractivity contribution is 7.04. The molecule has 2 aromatic carbocycles. The highest BCUT2D eigenvalue weighted by Gasteiger charge is 2.53. The molecule has 0 radical (unpaired) electrons. The van der Waals surface area contributed by atoms with Crippen molar-refractivity contribution in [1.82, 2.24) is 0 Å². The van der Waals surface area contributed by atoms with Gasteiger partial charge in [-0.2, -0.15) is 0 Å². The molecule has 0 aliphatic carbocycles. The fourth-order valence-electron chi connectivity index (χ4n) is 3.72. The van der Waals surface area contributed by atoms with Crippen LogP contribution in [0, 0.1) is 0 Å². The van der Waals surface area contributed by atoms with Gasteiger partial charge < -0.3 is 16.5 Å².